The van der Waals surface area contributed by atoms with E-state index in [2.05, 4.69) is 5.32 Å². The topological polar surface area (TPSA) is 137 Å². The van der Waals surface area contributed by atoms with Gasteiger partial charge in [-0.1, -0.05) is 24.3 Å². The number of ether oxygens (including phenoxy) is 4. The number of benzene rings is 3. The molecule has 1 amide bonds. The first-order valence-electron chi connectivity index (χ1n) is 10.7. The van der Waals surface area contributed by atoms with E-state index in [1.54, 1.807) is 36.4 Å². The van der Waals surface area contributed by atoms with Gasteiger partial charge in [-0.3, -0.25) is 4.79 Å². The molecular formula is C26H22INO9. The molecule has 0 aliphatic carbocycles. The fraction of sp³-hybridized carbons (Fsp3) is 0.154. The molecule has 0 spiro atoms. The minimum Gasteiger partial charge on any atom is -0.497 e. The molecule has 0 saturated heterocycles. The number of rotatable bonds is 10. The zero-order valence-electron chi connectivity index (χ0n) is 19.7. The molecule has 0 radical (unpaired) electrons. The van der Waals surface area contributed by atoms with Crippen molar-refractivity contribution in [3.63, 3.8) is 0 Å². The number of hydrogen-bond acceptors (Lipinski definition) is 8. The fourth-order valence-electron chi connectivity index (χ4n) is 3.13. The van der Waals surface area contributed by atoms with E-state index in [1.165, 1.54) is 50.6 Å². The van der Waals surface area contributed by atoms with Crippen LogP contribution >= 0.6 is 22.6 Å². The summed E-state index contributed by atoms with van der Waals surface area (Å²) in [6, 6.07) is 18.4. The van der Waals surface area contributed by atoms with Crippen molar-refractivity contribution in [2.75, 3.05) is 19.5 Å². The summed E-state index contributed by atoms with van der Waals surface area (Å²) in [5, 5.41) is 12.4. The Morgan fingerprint density at radius 3 is 1.76 bits per heavy atom. The highest BCUT2D eigenvalue weighted by Crippen LogP contribution is 2.21. The smallest absolute Gasteiger partial charge is 0.349 e. The lowest BCUT2D eigenvalue weighted by Gasteiger charge is -2.24. The molecule has 3 aromatic carbocycles. The molecule has 0 saturated carbocycles. The number of nitrogens with one attached hydrogen (secondary N) is 1. The molecule has 11 heteroatoms. The maximum absolute atomic E-state index is 13.2. The van der Waals surface area contributed by atoms with E-state index in [0.29, 0.717) is 20.8 Å². The molecule has 192 valence electrons. The van der Waals surface area contributed by atoms with Crippen LogP contribution in [0.4, 0.5) is 5.69 Å². The number of anilines is 1. The zero-order chi connectivity index (χ0) is 26.9. The molecule has 3 rings (SSSR count). The summed E-state index contributed by atoms with van der Waals surface area (Å²) < 4.78 is 21.3. The fourth-order valence-corrected chi connectivity index (χ4v) is 3.65. The third-order valence-corrected chi connectivity index (χ3v) is 5.93. The maximum atomic E-state index is 13.2. The van der Waals surface area contributed by atoms with Gasteiger partial charge in [0.05, 0.1) is 31.0 Å². The molecule has 0 unspecified atom stereocenters. The highest BCUT2D eigenvalue weighted by atomic mass is 127. The van der Waals surface area contributed by atoms with Gasteiger partial charge in [-0.05, 0) is 71.1 Å². The average Bonchev–Trinajstić information content (AvgIpc) is 2.91. The van der Waals surface area contributed by atoms with Crippen LogP contribution in [0, 0.1) is 3.57 Å². The number of methoxy groups -OCH3 is 2. The monoisotopic (exact) mass is 619 g/mol. The van der Waals surface area contributed by atoms with Gasteiger partial charge in [0.25, 0.3) is 5.91 Å². The second-order valence-corrected chi connectivity index (χ2v) is 8.59. The molecule has 0 aromatic heterocycles. The third kappa shape index (κ3) is 7.19. The summed E-state index contributed by atoms with van der Waals surface area (Å²) in [5.74, 6) is -4.11. The number of hydrogen-bond donors (Lipinski definition) is 2. The summed E-state index contributed by atoms with van der Waals surface area (Å²) in [7, 11) is 2.80. The highest BCUT2D eigenvalue weighted by molar-refractivity contribution is 14.1. The van der Waals surface area contributed by atoms with Gasteiger partial charge in [0.2, 0.25) is 12.2 Å². The zero-order valence-corrected chi connectivity index (χ0v) is 21.8. The number of carboxylic acids is 1. The van der Waals surface area contributed by atoms with E-state index in [4.69, 9.17) is 18.9 Å². The number of aliphatic carboxylic acids is 1. The number of amides is 1. The van der Waals surface area contributed by atoms with E-state index in [-0.39, 0.29) is 11.1 Å². The number of carboxylic acid groups (broad SMARTS) is 1. The van der Waals surface area contributed by atoms with Crippen LogP contribution in [-0.2, 0) is 19.1 Å². The molecule has 2 N–H and O–H groups in total. The van der Waals surface area contributed by atoms with Crippen molar-refractivity contribution in [1.29, 1.82) is 0 Å². The summed E-state index contributed by atoms with van der Waals surface area (Å²) in [5.41, 5.74) is 0.315. The predicted molar refractivity (Wildman–Crippen MR) is 140 cm³/mol. The van der Waals surface area contributed by atoms with Gasteiger partial charge < -0.3 is 29.4 Å². The van der Waals surface area contributed by atoms with Gasteiger partial charge in [-0.2, -0.15) is 0 Å². The van der Waals surface area contributed by atoms with E-state index >= 15 is 0 Å². The number of carbonyl (C=O) groups is 4. The largest absolute Gasteiger partial charge is 0.497 e. The molecule has 10 nitrogen and oxygen atoms in total. The van der Waals surface area contributed by atoms with Gasteiger partial charge in [0.15, 0.2) is 0 Å². The van der Waals surface area contributed by atoms with Crippen molar-refractivity contribution in [2.24, 2.45) is 0 Å². The van der Waals surface area contributed by atoms with Crippen LogP contribution in [0.15, 0.2) is 72.8 Å². The number of carbonyl (C=O) groups excluding carboxylic acids is 3. The van der Waals surface area contributed by atoms with Gasteiger partial charge in [0.1, 0.15) is 11.5 Å². The standard InChI is InChI=1S/C26H22INO9/c1-34-17-9-5-7-15(13-17)25(32)36-21(23(29)28-20-12-4-3-11-19(20)27)22(24(30)31)37-26(33)16-8-6-10-18(14-16)35-2/h3-14,21-22H,1-2H3,(H,28,29)(H,30,31)/t21-,22+/m1/s1. The van der Waals surface area contributed by atoms with Crippen molar-refractivity contribution in [2.45, 2.75) is 12.2 Å². The van der Waals surface area contributed by atoms with E-state index in [9.17, 15) is 24.3 Å². The minimum absolute atomic E-state index is 0.00490. The van der Waals surface area contributed by atoms with Gasteiger partial charge in [0, 0.05) is 3.57 Å². The Morgan fingerprint density at radius 2 is 1.27 bits per heavy atom. The Labute approximate surface area is 225 Å². The maximum Gasteiger partial charge on any atom is 0.349 e. The molecule has 3 aromatic rings. The van der Waals surface area contributed by atoms with Crippen LogP contribution in [0.3, 0.4) is 0 Å². The van der Waals surface area contributed by atoms with Gasteiger partial charge in [-0.25, -0.2) is 14.4 Å². The summed E-state index contributed by atoms with van der Waals surface area (Å²) in [6.07, 6.45) is -4.21. The average molecular weight is 619 g/mol. The Kier molecular flexibility index (Phi) is 9.44. The first-order valence-corrected chi connectivity index (χ1v) is 11.8. The van der Waals surface area contributed by atoms with Crippen molar-refractivity contribution in [1.82, 2.24) is 0 Å². The van der Waals surface area contributed by atoms with Crippen molar-refractivity contribution >= 4 is 52.1 Å². The first-order chi connectivity index (χ1) is 17.7. The molecule has 0 aliphatic heterocycles. The van der Waals surface area contributed by atoms with E-state index in [0.717, 1.165) is 0 Å². The summed E-state index contributed by atoms with van der Waals surface area (Å²) in [6.45, 7) is 0. The van der Waals surface area contributed by atoms with Crippen molar-refractivity contribution in [3.05, 3.63) is 87.5 Å². The number of esters is 2. The van der Waals surface area contributed by atoms with Gasteiger partial charge in [-0.15, -0.1) is 0 Å². The van der Waals surface area contributed by atoms with Crippen molar-refractivity contribution < 1.29 is 43.2 Å². The lowest BCUT2D eigenvalue weighted by atomic mass is 10.1. The van der Waals surface area contributed by atoms with Crippen LogP contribution in [0.1, 0.15) is 20.7 Å². The van der Waals surface area contributed by atoms with Crippen LogP contribution in [0.25, 0.3) is 0 Å². The predicted octanol–water partition coefficient (Wildman–Crippen LogP) is 3.78. The summed E-state index contributed by atoms with van der Waals surface area (Å²) >= 11 is 1.97. The normalized spacial score (nSPS) is 12.0. The number of halogens is 1. The van der Waals surface area contributed by atoms with E-state index < -0.39 is 36.0 Å². The molecule has 0 heterocycles. The molecule has 0 fully saturated rings. The summed E-state index contributed by atoms with van der Waals surface area (Å²) in [4.78, 5) is 51.1. The molecular weight excluding hydrogens is 597 g/mol. The van der Waals surface area contributed by atoms with E-state index in [1.807, 2.05) is 22.6 Å². The third-order valence-electron chi connectivity index (χ3n) is 4.99. The lowest BCUT2D eigenvalue weighted by Crippen LogP contribution is -2.48. The Bertz CT molecular complexity index is 1310. The van der Waals surface area contributed by atoms with Crippen LogP contribution in [0.2, 0.25) is 0 Å². The Hall–Kier alpha value is -4.13. The minimum atomic E-state index is -2.17. The molecule has 0 aliphatic rings. The van der Waals surface area contributed by atoms with Gasteiger partial charge >= 0.3 is 17.9 Å². The molecule has 0 bridgehead atoms. The number of para-hydroxylation sites is 1. The Balaban J connectivity index is 1.94. The second kappa shape index (κ2) is 12.7. The second-order valence-electron chi connectivity index (χ2n) is 7.42. The molecule has 2 atom stereocenters. The first kappa shape index (κ1) is 27.5. The highest BCUT2D eigenvalue weighted by Gasteiger charge is 2.41. The molecule has 37 heavy (non-hydrogen) atoms. The SMILES string of the molecule is COc1cccc(C(=O)O[C@H](C(=O)O)[C@@H](OC(=O)c2cccc(OC)c2)C(=O)Nc2ccccc2I)c1. The lowest BCUT2D eigenvalue weighted by molar-refractivity contribution is -0.157. The van der Waals surface area contributed by atoms with Crippen LogP contribution in [-0.4, -0.2) is 55.3 Å². The van der Waals surface area contributed by atoms with Crippen LogP contribution < -0.4 is 14.8 Å². The quantitative estimate of drug-likeness (QED) is 0.257. The van der Waals surface area contributed by atoms with Crippen LogP contribution in [0.5, 0.6) is 11.5 Å². The van der Waals surface area contributed by atoms with Crippen molar-refractivity contribution in [3.8, 4) is 11.5 Å². The Morgan fingerprint density at radius 1 is 0.757 bits per heavy atom.